The molecule has 0 spiro atoms. The first-order valence-corrected chi connectivity index (χ1v) is 14.6. The molecule has 0 heterocycles. The highest BCUT2D eigenvalue weighted by Gasteiger charge is 2.29. The number of nitrogens with two attached hydrogens (primary N) is 1. The van der Waals surface area contributed by atoms with Gasteiger partial charge in [0.1, 0.15) is 0 Å². The summed E-state index contributed by atoms with van der Waals surface area (Å²) < 4.78 is 66.1. The van der Waals surface area contributed by atoms with Crippen LogP contribution in [0.2, 0.25) is 0 Å². The molecular formula is C21H19BrF2NO5PS2. The monoisotopic (exact) mass is 577 g/mol. The molecule has 0 fully saturated rings. The molecule has 12 heteroatoms. The Bertz CT molecular complexity index is 1270. The van der Waals surface area contributed by atoms with E-state index in [1.807, 2.05) is 30.3 Å². The lowest BCUT2D eigenvalue weighted by Crippen LogP contribution is -2.11. The first-order valence-electron chi connectivity index (χ1n) is 9.40. The maximum atomic E-state index is 12.3. The molecule has 0 aromatic heterocycles. The van der Waals surface area contributed by atoms with Crippen LogP contribution in [0.4, 0.5) is 9.05 Å². The SMILES string of the molecule is NS(=O)(=O)c1cccc(-c2ccc(CSCc3ccc(CP(=O)(OF)OF)c(Br)c3)cc2)c1. The molecule has 33 heavy (non-hydrogen) atoms. The number of hydrogen-bond donors (Lipinski definition) is 1. The average Bonchev–Trinajstić information content (AvgIpc) is 2.81. The molecule has 3 aromatic carbocycles. The molecule has 2 N–H and O–H groups in total. The minimum atomic E-state index is -4.45. The lowest BCUT2D eigenvalue weighted by Gasteiger charge is -2.10. The molecule has 0 aliphatic carbocycles. The maximum absolute atomic E-state index is 12.3. The second-order valence-electron chi connectivity index (χ2n) is 7.10. The second-order valence-corrected chi connectivity index (χ2v) is 12.3. The van der Waals surface area contributed by atoms with Gasteiger partial charge in [-0.3, -0.25) is 4.57 Å². The Labute approximate surface area is 203 Å². The van der Waals surface area contributed by atoms with Crippen LogP contribution in [-0.2, 0) is 41.7 Å². The fourth-order valence-electron chi connectivity index (χ4n) is 3.01. The third-order valence-electron chi connectivity index (χ3n) is 4.68. The fraction of sp³-hybridized carbons (Fsp3) is 0.143. The number of sulfonamides is 1. The molecule has 0 saturated heterocycles. The van der Waals surface area contributed by atoms with Crippen LogP contribution in [-0.4, -0.2) is 8.42 Å². The topological polar surface area (TPSA) is 95.7 Å². The molecule has 176 valence electrons. The van der Waals surface area contributed by atoms with Crippen molar-refractivity contribution >= 4 is 45.3 Å². The highest BCUT2D eigenvalue weighted by molar-refractivity contribution is 9.10. The molecule has 0 unspecified atom stereocenters. The van der Waals surface area contributed by atoms with Gasteiger partial charge in [-0.15, -0.1) is 9.46 Å². The van der Waals surface area contributed by atoms with Gasteiger partial charge in [0.15, 0.2) is 0 Å². The molecule has 0 radical (unpaired) electrons. The van der Waals surface area contributed by atoms with Gasteiger partial charge in [-0.2, -0.15) is 11.8 Å². The smallest absolute Gasteiger partial charge is 0.254 e. The molecule has 0 atom stereocenters. The first-order chi connectivity index (χ1) is 15.6. The van der Waals surface area contributed by atoms with Crippen molar-refractivity contribution in [3.63, 3.8) is 0 Å². The zero-order chi connectivity index (χ0) is 24.1. The summed E-state index contributed by atoms with van der Waals surface area (Å²) in [5, 5.41) is 5.20. The van der Waals surface area contributed by atoms with Crippen LogP contribution in [0, 0.1) is 0 Å². The van der Waals surface area contributed by atoms with E-state index in [2.05, 4.69) is 25.4 Å². The van der Waals surface area contributed by atoms with Gasteiger partial charge in [-0.1, -0.05) is 64.5 Å². The first kappa shape index (κ1) is 26.0. The zero-order valence-electron chi connectivity index (χ0n) is 17.0. The van der Waals surface area contributed by atoms with Gasteiger partial charge in [0, 0.05) is 16.0 Å². The Kier molecular flexibility index (Phi) is 8.85. The molecule has 3 rings (SSSR count). The normalized spacial score (nSPS) is 12.1. The van der Waals surface area contributed by atoms with Crippen LogP contribution in [0.3, 0.4) is 0 Å². The van der Waals surface area contributed by atoms with Crippen molar-refractivity contribution in [1.82, 2.24) is 0 Å². The summed E-state index contributed by atoms with van der Waals surface area (Å²) in [6.07, 6.45) is -0.541. The lowest BCUT2D eigenvalue weighted by molar-refractivity contribution is -0.0881. The van der Waals surface area contributed by atoms with Crippen molar-refractivity contribution in [1.29, 1.82) is 0 Å². The van der Waals surface area contributed by atoms with Crippen molar-refractivity contribution in [3.05, 3.63) is 87.9 Å². The third kappa shape index (κ3) is 7.19. The molecule has 6 nitrogen and oxygen atoms in total. The summed E-state index contributed by atoms with van der Waals surface area (Å²) in [6, 6.07) is 19.4. The van der Waals surface area contributed by atoms with E-state index in [-0.39, 0.29) is 4.90 Å². The van der Waals surface area contributed by atoms with Crippen LogP contribution < -0.4 is 5.14 Å². The number of benzene rings is 3. The van der Waals surface area contributed by atoms with Gasteiger partial charge in [-0.05, 0) is 55.1 Å². The molecule has 0 aliphatic heterocycles. The van der Waals surface area contributed by atoms with E-state index in [1.54, 1.807) is 42.1 Å². The van der Waals surface area contributed by atoms with Gasteiger partial charge in [0.25, 0.3) is 0 Å². The van der Waals surface area contributed by atoms with Crippen LogP contribution in [0.25, 0.3) is 11.1 Å². The van der Waals surface area contributed by atoms with E-state index in [4.69, 9.17) is 5.14 Å². The number of rotatable bonds is 10. The van der Waals surface area contributed by atoms with Crippen molar-refractivity contribution in [2.45, 2.75) is 22.6 Å². The Morgan fingerprint density at radius 3 is 2.15 bits per heavy atom. The summed E-state index contributed by atoms with van der Waals surface area (Å²) in [4.78, 5) is 0.0640. The van der Waals surface area contributed by atoms with E-state index < -0.39 is 23.8 Å². The average molecular weight is 578 g/mol. The zero-order valence-corrected chi connectivity index (χ0v) is 21.1. The van der Waals surface area contributed by atoms with Gasteiger partial charge in [-0.25, -0.2) is 13.6 Å². The minimum absolute atomic E-state index is 0.0640. The summed E-state index contributed by atoms with van der Waals surface area (Å²) in [7, 11) is -8.21. The Balaban J connectivity index is 1.59. The van der Waals surface area contributed by atoms with Crippen molar-refractivity contribution in [2.24, 2.45) is 5.14 Å². The molecule has 0 bridgehead atoms. The van der Waals surface area contributed by atoms with Gasteiger partial charge in [0.2, 0.25) is 10.0 Å². The van der Waals surface area contributed by atoms with E-state index in [0.717, 1.165) is 28.0 Å². The maximum Gasteiger partial charge on any atom is 0.399 e. The summed E-state index contributed by atoms with van der Waals surface area (Å²) >= 11 is 4.97. The van der Waals surface area contributed by atoms with Crippen LogP contribution in [0.5, 0.6) is 0 Å². The summed E-state index contributed by atoms with van der Waals surface area (Å²) in [6.45, 7) is 0. The molecule has 0 aliphatic rings. The van der Waals surface area contributed by atoms with E-state index in [0.29, 0.717) is 15.8 Å². The summed E-state index contributed by atoms with van der Waals surface area (Å²) in [5.41, 5.74) is 4.07. The molecular weight excluding hydrogens is 559 g/mol. The highest BCUT2D eigenvalue weighted by Crippen LogP contribution is 2.53. The lowest BCUT2D eigenvalue weighted by atomic mass is 10.0. The Morgan fingerprint density at radius 2 is 1.55 bits per heavy atom. The fourth-order valence-corrected chi connectivity index (χ4v) is 6.11. The quantitative estimate of drug-likeness (QED) is 0.270. The number of hydrogen-bond acceptors (Lipinski definition) is 6. The Hall–Kier alpha value is -1.59. The molecule has 0 saturated carbocycles. The standard InChI is InChI=1S/C21H19BrF2NO5PS2/c22-21-10-16(6-9-19(21)12-31(26,29-23)30-24)14-32-13-15-4-7-17(8-5-15)18-2-1-3-20(11-18)33(25,27)28/h1-11H,12-14H2,(H2,25,27,28). The largest absolute Gasteiger partial charge is 0.399 e. The summed E-state index contributed by atoms with van der Waals surface area (Å²) in [5.74, 6) is 1.41. The minimum Gasteiger partial charge on any atom is -0.254 e. The van der Waals surface area contributed by atoms with Crippen LogP contribution in [0.1, 0.15) is 16.7 Å². The second kappa shape index (κ2) is 11.2. The number of primary sulfonamides is 1. The van der Waals surface area contributed by atoms with Gasteiger partial charge in [0.05, 0.1) is 11.1 Å². The predicted molar refractivity (Wildman–Crippen MR) is 128 cm³/mol. The number of halogens is 3. The van der Waals surface area contributed by atoms with Crippen molar-refractivity contribution < 1.29 is 31.5 Å². The highest BCUT2D eigenvalue weighted by atomic mass is 79.9. The Morgan fingerprint density at radius 1 is 0.909 bits per heavy atom. The van der Waals surface area contributed by atoms with Crippen molar-refractivity contribution in [2.75, 3.05) is 0 Å². The predicted octanol–water partition coefficient (Wildman–Crippen LogP) is 6.69. The van der Waals surface area contributed by atoms with Gasteiger partial charge >= 0.3 is 7.60 Å². The van der Waals surface area contributed by atoms with E-state index in [1.165, 1.54) is 6.07 Å². The van der Waals surface area contributed by atoms with Gasteiger partial charge < -0.3 is 0 Å². The number of thioether (sulfide) groups is 1. The molecule has 0 amide bonds. The van der Waals surface area contributed by atoms with Crippen LogP contribution >= 0.6 is 35.3 Å². The van der Waals surface area contributed by atoms with Crippen LogP contribution in [0.15, 0.2) is 76.1 Å². The van der Waals surface area contributed by atoms with E-state index >= 15 is 0 Å². The van der Waals surface area contributed by atoms with Crippen molar-refractivity contribution in [3.8, 4) is 11.1 Å². The molecule has 3 aromatic rings. The third-order valence-corrected chi connectivity index (χ3v) is 8.55. The van der Waals surface area contributed by atoms with E-state index in [9.17, 15) is 22.0 Å².